The lowest BCUT2D eigenvalue weighted by atomic mass is 10.0. The second kappa shape index (κ2) is 10.8. The third kappa shape index (κ3) is 4.87. The van der Waals surface area contributed by atoms with Crippen LogP contribution in [-0.2, 0) is 11.2 Å². The van der Waals surface area contributed by atoms with Gasteiger partial charge in [0.05, 0.1) is 17.3 Å². The van der Waals surface area contributed by atoms with Gasteiger partial charge >= 0.3 is 0 Å². The lowest BCUT2D eigenvalue weighted by molar-refractivity contribution is -0.117. The van der Waals surface area contributed by atoms with Gasteiger partial charge in [-0.3, -0.25) is 14.5 Å². The molecule has 10 nitrogen and oxygen atoms in total. The van der Waals surface area contributed by atoms with Crippen LogP contribution in [-0.4, -0.2) is 55.9 Å². The Morgan fingerprint density at radius 2 is 2.00 bits per heavy atom. The molecule has 1 fully saturated rings. The fourth-order valence-electron chi connectivity index (χ4n) is 5.18. The number of pyridine rings is 2. The molecule has 4 heterocycles. The summed E-state index contributed by atoms with van der Waals surface area (Å²) < 4.78 is 17.1. The van der Waals surface area contributed by atoms with Crippen LogP contribution in [0.5, 0.6) is 0 Å². The molecule has 1 atom stereocenters. The van der Waals surface area contributed by atoms with Gasteiger partial charge in [0.25, 0.3) is 5.91 Å². The first-order chi connectivity index (χ1) is 19.5. The molecule has 3 aromatic heterocycles. The molecule has 2 aromatic carbocycles. The zero-order valence-electron chi connectivity index (χ0n) is 21.6. The number of aryl methyl sites for hydroxylation is 1. The van der Waals surface area contributed by atoms with Crippen molar-refractivity contribution in [2.75, 3.05) is 18.0 Å². The fourth-order valence-corrected chi connectivity index (χ4v) is 5.18. The molecule has 0 bridgehead atoms. The van der Waals surface area contributed by atoms with Crippen LogP contribution in [0.3, 0.4) is 0 Å². The van der Waals surface area contributed by atoms with Crippen LogP contribution in [0.1, 0.15) is 35.2 Å². The molecule has 5 aromatic rings. The zero-order valence-corrected chi connectivity index (χ0v) is 21.6. The highest BCUT2D eigenvalue weighted by Gasteiger charge is 2.31. The van der Waals surface area contributed by atoms with Crippen molar-refractivity contribution in [1.29, 1.82) is 0 Å². The number of nitrogens with one attached hydrogen (secondary N) is 1. The SMILES string of the molecule is NC(=O)CCc1ccc2ccnc(N(C(=O)c3ccc(-n4nnc5cccnc54)cc3F)[C@@H]3CCCNC3)c2c1. The summed E-state index contributed by atoms with van der Waals surface area (Å²) in [6.45, 7) is 1.41. The van der Waals surface area contributed by atoms with Crippen molar-refractivity contribution in [2.24, 2.45) is 5.73 Å². The van der Waals surface area contributed by atoms with Gasteiger partial charge in [-0.25, -0.2) is 14.4 Å². The Morgan fingerprint density at radius 1 is 1.10 bits per heavy atom. The molecule has 11 heteroatoms. The second-order valence-corrected chi connectivity index (χ2v) is 9.84. The number of carbonyl (C=O) groups is 2. The molecule has 1 aliphatic rings. The van der Waals surface area contributed by atoms with E-state index >= 15 is 4.39 Å². The molecule has 3 N–H and O–H groups in total. The average Bonchev–Trinajstić information content (AvgIpc) is 3.41. The number of amides is 2. The first-order valence-corrected chi connectivity index (χ1v) is 13.2. The first kappa shape index (κ1) is 25.5. The molecule has 0 aliphatic carbocycles. The molecule has 6 rings (SSSR count). The van der Waals surface area contributed by atoms with Crippen LogP contribution in [0.4, 0.5) is 10.2 Å². The maximum Gasteiger partial charge on any atom is 0.262 e. The fraction of sp³-hybridized carbons (Fsp3) is 0.241. The van der Waals surface area contributed by atoms with Crippen LogP contribution in [0.25, 0.3) is 27.6 Å². The number of carbonyl (C=O) groups excluding carboxylic acids is 2. The van der Waals surface area contributed by atoms with E-state index in [-0.39, 0.29) is 23.9 Å². The Bertz CT molecular complexity index is 1730. The summed E-state index contributed by atoms with van der Waals surface area (Å²) in [5.41, 5.74) is 7.66. The summed E-state index contributed by atoms with van der Waals surface area (Å²) in [4.78, 5) is 36.0. The Morgan fingerprint density at radius 3 is 2.80 bits per heavy atom. The Labute approximate surface area is 229 Å². The number of aromatic nitrogens is 5. The molecular formula is C29H27FN8O2. The number of piperidine rings is 1. The summed E-state index contributed by atoms with van der Waals surface area (Å²) in [5, 5.41) is 13.2. The Hall–Kier alpha value is -4.77. The van der Waals surface area contributed by atoms with E-state index in [4.69, 9.17) is 5.73 Å². The van der Waals surface area contributed by atoms with E-state index in [2.05, 4.69) is 25.6 Å². The summed E-state index contributed by atoms with van der Waals surface area (Å²) in [7, 11) is 0. The zero-order chi connectivity index (χ0) is 27.6. The maximum atomic E-state index is 15.7. The van der Waals surface area contributed by atoms with Crippen LogP contribution in [0.2, 0.25) is 0 Å². The number of nitrogens with zero attached hydrogens (tertiary/aromatic N) is 6. The van der Waals surface area contributed by atoms with E-state index in [0.29, 0.717) is 35.6 Å². The van der Waals surface area contributed by atoms with E-state index < -0.39 is 11.7 Å². The standard InChI is InChI=1S/C29H27FN8O2/c30-24-16-20(38-28-25(35-36-38)4-2-13-33-28)8-9-22(24)29(40)37(21-3-1-12-32-17-21)27-23-15-18(6-10-26(31)39)5-7-19(23)11-14-34-27/h2,4-5,7-9,11,13-16,21,32H,1,3,6,10,12,17H2,(H2,31,39)/t21-/m1/s1. The predicted octanol–water partition coefficient (Wildman–Crippen LogP) is 3.32. The topological polar surface area (TPSA) is 132 Å². The third-order valence-electron chi connectivity index (χ3n) is 7.19. The van der Waals surface area contributed by atoms with Gasteiger partial charge in [0.1, 0.15) is 17.2 Å². The van der Waals surface area contributed by atoms with Gasteiger partial charge in [-0.05, 0) is 73.2 Å². The number of primary amides is 1. The highest BCUT2D eigenvalue weighted by Crippen LogP contribution is 2.31. The van der Waals surface area contributed by atoms with Crippen LogP contribution >= 0.6 is 0 Å². The van der Waals surface area contributed by atoms with Crippen LogP contribution in [0.15, 0.2) is 67.0 Å². The summed E-state index contributed by atoms with van der Waals surface area (Å²) in [6, 6.07) is 15.3. The van der Waals surface area contributed by atoms with E-state index in [1.54, 1.807) is 35.5 Å². The largest absolute Gasteiger partial charge is 0.370 e. The van der Waals surface area contributed by atoms with E-state index in [9.17, 15) is 9.59 Å². The maximum absolute atomic E-state index is 15.7. The molecule has 0 unspecified atom stereocenters. The van der Waals surface area contributed by atoms with Crippen molar-refractivity contribution >= 4 is 39.6 Å². The Kier molecular flexibility index (Phi) is 6.87. The number of anilines is 1. The Balaban J connectivity index is 1.41. The minimum absolute atomic E-state index is 0.0737. The number of halogens is 1. The highest BCUT2D eigenvalue weighted by atomic mass is 19.1. The molecule has 1 aliphatic heterocycles. The average molecular weight is 539 g/mol. The number of rotatable bonds is 7. The van der Waals surface area contributed by atoms with Gasteiger partial charge in [0, 0.05) is 36.8 Å². The van der Waals surface area contributed by atoms with Crippen molar-refractivity contribution < 1.29 is 14.0 Å². The van der Waals surface area contributed by atoms with E-state index in [0.717, 1.165) is 35.7 Å². The van der Waals surface area contributed by atoms with Gasteiger partial charge < -0.3 is 11.1 Å². The summed E-state index contributed by atoms with van der Waals surface area (Å²) in [6.07, 6.45) is 5.57. The number of hydrogen-bond acceptors (Lipinski definition) is 7. The molecule has 0 saturated carbocycles. The molecule has 0 radical (unpaired) electrons. The number of fused-ring (bicyclic) bond motifs is 2. The molecule has 2 amide bonds. The lowest BCUT2D eigenvalue weighted by Crippen LogP contribution is -2.49. The van der Waals surface area contributed by atoms with Gasteiger partial charge in [-0.1, -0.05) is 17.3 Å². The van der Waals surface area contributed by atoms with Crippen LogP contribution < -0.4 is 16.0 Å². The molecular weight excluding hydrogens is 511 g/mol. The molecule has 1 saturated heterocycles. The van der Waals surface area contributed by atoms with E-state index in [1.807, 2.05) is 24.3 Å². The molecule has 0 spiro atoms. The third-order valence-corrected chi connectivity index (χ3v) is 7.19. The van der Waals surface area contributed by atoms with Gasteiger partial charge in [-0.2, -0.15) is 4.68 Å². The lowest BCUT2D eigenvalue weighted by Gasteiger charge is -2.34. The monoisotopic (exact) mass is 538 g/mol. The second-order valence-electron chi connectivity index (χ2n) is 9.84. The summed E-state index contributed by atoms with van der Waals surface area (Å²) in [5.74, 6) is -1.10. The highest BCUT2D eigenvalue weighted by molar-refractivity contribution is 6.10. The molecule has 202 valence electrons. The minimum atomic E-state index is -0.682. The number of nitrogens with two attached hydrogens (primary N) is 1. The quantitative estimate of drug-likeness (QED) is 0.325. The van der Waals surface area contributed by atoms with Crippen molar-refractivity contribution in [1.82, 2.24) is 30.3 Å². The van der Waals surface area contributed by atoms with E-state index in [1.165, 1.54) is 16.8 Å². The first-order valence-electron chi connectivity index (χ1n) is 13.2. The van der Waals surface area contributed by atoms with Crippen LogP contribution in [0, 0.1) is 5.82 Å². The van der Waals surface area contributed by atoms with Gasteiger partial charge in [-0.15, -0.1) is 5.10 Å². The smallest absolute Gasteiger partial charge is 0.262 e. The van der Waals surface area contributed by atoms with Gasteiger partial charge in [0.15, 0.2) is 5.65 Å². The molecule has 40 heavy (non-hydrogen) atoms. The number of hydrogen-bond donors (Lipinski definition) is 2. The normalized spacial score (nSPS) is 15.4. The predicted molar refractivity (Wildman–Crippen MR) is 149 cm³/mol. The summed E-state index contributed by atoms with van der Waals surface area (Å²) >= 11 is 0. The van der Waals surface area contributed by atoms with Crippen molar-refractivity contribution in [2.45, 2.75) is 31.7 Å². The number of benzene rings is 2. The van der Waals surface area contributed by atoms with Crippen molar-refractivity contribution in [3.8, 4) is 5.69 Å². The van der Waals surface area contributed by atoms with Crippen molar-refractivity contribution in [3.05, 3.63) is 83.9 Å². The minimum Gasteiger partial charge on any atom is -0.370 e. The van der Waals surface area contributed by atoms with Gasteiger partial charge in [0.2, 0.25) is 5.91 Å². The van der Waals surface area contributed by atoms with Crippen molar-refractivity contribution in [3.63, 3.8) is 0 Å².